The number of hydrogen-bond acceptors (Lipinski definition) is 1. The van der Waals surface area contributed by atoms with Crippen LogP contribution in [0.2, 0.25) is 0 Å². The van der Waals surface area contributed by atoms with Crippen LogP contribution in [-0.2, 0) is 0 Å². The van der Waals surface area contributed by atoms with Gasteiger partial charge in [0.15, 0.2) is 0 Å². The third kappa shape index (κ3) is 1.98. The molecule has 1 aliphatic heterocycles. The van der Waals surface area contributed by atoms with Gasteiger partial charge in [0.05, 0.1) is 0 Å². The molecule has 14 heavy (non-hydrogen) atoms. The van der Waals surface area contributed by atoms with E-state index in [2.05, 4.69) is 43.0 Å². The molecule has 0 N–H and O–H groups in total. The van der Waals surface area contributed by atoms with Crippen LogP contribution in [0.25, 0.3) is 0 Å². The molecule has 1 heterocycles. The van der Waals surface area contributed by atoms with E-state index in [4.69, 9.17) is 0 Å². The van der Waals surface area contributed by atoms with E-state index in [0.717, 1.165) is 0 Å². The first-order chi connectivity index (χ1) is 6.77. The smallest absolute Gasteiger partial charge is 0.0319 e. The molecule has 0 amide bonds. The zero-order chi connectivity index (χ0) is 9.97. The first kappa shape index (κ1) is 9.72. The maximum Gasteiger partial charge on any atom is 0.0319 e. The fourth-order valence-corrected chi connectivity index (χ4v) is 2.27. The predicted molar refractivity (Wildman–Crippen MR) is 60.4 cm³/mol. The summed E-state index contributed by atoms with van der Waals surface area (Å²) < 4.78 is 0. The molecule has 1 nitrogen and oxygen atoms in total. The van der Waals surface area contributed by atoms with Gasteiger partial charge in [-0.15, -0.1) is 0 Å². The minimum Gasteiger partial charge on any atom is -0.297 e. The van der Waals surface area contributed by atoms with Crippen molar-refractivity contribution in [1.29, 1.82) is 0 Å². The summed E-state index contributed by atoms with van der Waals surface area (Å²) in [7, 11) is 0. The fraction of sp³-hybridized carbons (Fsp3) is 0.538. The molecule has 1 atom stereocenters. The van der Waals surface area contributed by atoms with Crippen molar-refractivity contribution in [2.24, 2.45) is 0 Å². The van der Waals surface area contributed by atoms with Crippen LogP contribution in [0.1, 0.15) is 36.9 Å². The maximum absolute atomic E-state index is 2.58. The lowest BCUT2D eigenvalue weighted by atomic mass is 10.1. The van der Waals surface area contributed by atoms with Crippen molar-refractivity contribution in [3.05, 3.63) is 35.4 Å². The first-order valence-corrected chi connectivity index (χ1v) is 5.58. The molecule has 1 aromatic carbocycles. The summed E-state index contributed by atoms with van der Waals surface area (Å²) in [6, 6.07) is 9.48. The second-order valence-corrected chi connectivity index (χ2v) is 4.33. The van der Waals surface area contributed by atoms with Gasteiger partial charge in [-0.1, -0.05) is 29.8 Å². The summed E-state index contributed by atoms with van der Waals surface area (Å²) in [6.45, 7) is 7.03. The van der Waals surface area contributed by atoms with E-state index in [1.54, 1.807) is 0 Å². The van der Waals surface area contributed by atoms with Crippen molar-refractivity contribution in [2.75, 3.05) is 13.1 Å². The molecule has 1 aromatic rings. The lowest BCUT2D eigenvalue weighted by Crippen LogP contribution is -2.23. The highest BCUT2D eigenvalue weighted by atomic mass is 15.2. The lowest BCUT2D eigenvalue weighted by Gasteiger charge is -2.24. The third-order valence-corrected chi connectivity index (χ3v) is 3.21. The Morgan fingerprint density at radius 2 is 1.93 bits per heavy atom. The monoisotopic (exact) mass is 189 g/mol. The minimum absolute atomic E-state index is 0.595. The Labute approximate surface area is 86.7 Å². The molecule has 76 valence electrons. The van der Waals surface area contributed by atoms with E-state index >= 15 is 0 Å². The van der Waals surface area contributed by atoms with Crippen LogP contribution in [0.3, 0.4) is 0 Å². The van der Waals surface area contributed by atoms with Crippen LogP contribution >= 0.6 is 0 Å². The molecular formula is C13H19N. The van der Waals surface area contributed by atoms with Gasteiger partial charge in [-0.3, -0.25) is 4.90 Å². The molecule has 1 fully saturated rings. The average molecular weight is 189 g/mol. The largest absolute Gasteiger partial charge is 0.297 e. The zero-order valence-electron chi connectivity index (χ0n) is 9.16. The molecule has 0 radical (unpaired) electrons. The minimum atomic E-state index is 0.595. The highest BCUT2D eigenvalue weighted by molar-refractivity contribution is 5.24. The first-order valence-electron chi connectivity index (χ1n) is 5.58. The maximum atomic E-state index is 2.58. The molecular weight excluding hydrogens is 170 g/mol. The van der Waals surface area contributed by atoms with Gasteiger partial charge in [0, 0.05) is 6.04 Å². The molecule has 1 aliphatic rings. The third-order valence-electron chi connectivity index (χ3n) is 3.21. The molecule has 0 saturated carbocycles. The van der Waals surface area contributed by atoms with E-state index in [1.165, 1.54) is 37.1 Å². The zero-order valence-corrected chi connectivity index (χ0v) is 9.16. The number of rotatable bonds is 2. The topological polar surface area (TPSA) is 3.24 Å². The van der Waals surface area contributed by atoms with Crippen LogP contribution in [0, 0.1) is 6.92 Å². The number of likely N-dealkylation sites (tertiary alicyclic amines) is 1. The molecule has 0 aromatic heterocycles. The van der Waals surface area contributed by atoms with Crippen LogP contribution in [0.15, 0.2) is 24.3 Å². The summed E-state index contributed by atoms with van der Waals surface area (Å²) in [6.07, 6.45) is 2.74. The lowest BCUT2D eigenvalue weighted by molar-refractivity contribution is 0.263. The SMILES string of the molecule is Cc1cccc(C(C)N2CCCC2)c1. The summed E-state index contributed by atoms with van der Waals surface area (Å²) in [5.41, 5.74) is 2.83. The van der Waals surface area contributed by atoms with Gasteiger partial charge >= 0.3 is 0 Å². The van der Waals surface area contributed by atoms with Crippen LogP contribution in [0.4, 0.5) is 0 Å². The highest BCUT2D eigenvalue weighted by Gasteiger charge is 2.18. The molecule has 0 aliphatic carbocycles. The summed E-state index contributed by atoms with van der Waals surface area (Å²) >= 11 is 0. The van der Waals surface area contributed by atoms with E-state index in [1.807, 2.05) is 0 Å². The quantitative estimate of drug-likeness (QED) is 0.690. The van der Waals surface area contributed by atoms with Gasteiger partial charge in [0.2, 0.25) is 0 Å². The van der Waals surface area contributed by atoms with Crippen LogP contribution in [-0.4, -0.2) is 18.0 Å². The molecule has 1 saturated heterocycles. The van der Waals surface area contributed by atoms with E-state index in [9.17, 15) is 0 Å². The molecule has 2 rings (SSSR count). The Hall–Kier alpha value is -0.820. The van der Waals surface area contributed by atoms with Gasteiger partial charge < -0.3 is 0 Å². The van der Waals surface area contributed by atoms with Crippen molar-refractivity contribution >= 4 is 0 Å². The normalized spacial score (nSPS) is 19.9. The van der Waals surface area contributed by atoms with Gasteiger partial charge in [-0.05, 0) is 45.3 Å². The summed E-state index contributed by atoms with van der Waals surface area (Å²) in [5, 5.41) is 0. The van der Waals surface area contributed by atoms with E-state index < -0.39 is 0 Å². The summed E-state index contributed by atoms with van der Waals surface area (Å²) in [5.74, 6) is 0. The van der Waals surface area contributed by atoms with Crippen molar-refractivity contribution < 1.29 is 0 Å². The van der Waals surface area contributed by atoms with E-state index in [-0.39, 0.29) is 0 Å². The van der Waals surface area contributed by atoms with Crippen LogP contribution in [0.5, 0.6) is 0 Å². The Morgan fingerprint density at radius 1 is 1.21 bits per heavy atom. The van der Waals surface area contributed by atoms with Gasteiger partial charge in [0.1, 0.15) is 0 Å². The molecule has 0 bridgehead atoms. The van der Waals surface area contributed by atoms with Crippen molar-refractivity contribution in [3.63, 3.8) is 0 Å². The van der Waals surface area contributed by atoms with Gasteiger partial charge in [-0.2, -0.15) is 0 Å². The van der Waals surface area contributed by atoms with Gasteiger partial charge in [-0.25, -0.2) is 0 Å². The highest BCUT2D eigenvalue weighted by Crippen LogP contribution is 2.24. The van der Waals surface area contributed by atoms with Crippen molar-refractivity contribution in [3.8, 4) is 0 Å². The number of benzene rings is 1. The number of nitrogens with zero attached hydrogens (tertiary/aromatic N) is 1. The Kier molecular flexibility index (Phi) is 2.87. The van der Waals surface area contributed by atoms with Gasteiger partial charge in [0.25, 0.3) is 0 Å². The fourth-order valence-electron chi connectivity index (χ4n) is 2.27. The summed E-state index contributed by atoms with van der Waals surface area (Å²) in [4.78, 5) is 2.58. The Bertz CT molecular complexity index is 300. The molecule has 0 spiro atoms. The Balaban J connectivity index is 2.13. The number of aryl methyl sites for hydroxylation is 1. The predicted octanol–water partition coefficient (Wildman–Crippen LogP) is 3.15. The second kappa shape index (κ2) is 4.14. The number of hydrogen-bond donors (Lipinski definition) is 0. The standard InChI is InChI=1S/C13H19N/c1-11-6-5-7-13(10-11)12(2)14-8-3-4-9-14/h5-7,10,12H,3-4,8-9H2,1-2H3. The average Bonchev–Trinajstić information content (AvgIpc) is 2.69. The Morgan fingerprint density at radius 3 is 2.57 bits per heavy atom. The van der Waals surface area contributed by atoms with Crippen LogP contribution < -0.4 is 0 Å². The van der Waals surface area contributed by atoms with Crippen molar-refractivity contribution in [1.82, 2.24) is 4.90 Å². The molecule has 1 unspecified atom stereocenters. The second-order valence-electron chi connectivity index (χ2n) is 4.33. The van der Waals surface area contributed by atoms with Crippen molar-refractivity contribution in [2.45, 2.75) is 32.7 Å². The van der Waals surface area contributed by atoms with E-state index in [0.29, 0.717) is 6.04 Å². The molecule has 1 heteroatoms.